The number of carbonyl (C=O) groups is 2. The lowest BCUT2D eigenvalue weighted by atomic mass is 10.00. The number of nitrogens with zero attached hydrogens (tertiary/aromatic N) is 5. The molecule has 13 heteroatoms. The minimum Gasteiger partial charge on any atom is -0.496 e. The Hall–Kier alpha value is -3.97. The molecule has 1 unspecified atom stereocenters. The molecule has 3 N–H and O–H groups in total. The van der Waals surface area contributed by atoms with Crippen molar-refractivity contribution in [2.75, 3.05) is 49.3 Å². The maximum Gasteiger partial charge on any atom is 0.329 e. The average Bonchev–Trinajstić information content (AvgIpc) is 3.27. The molecule has 0 spiro atoms. The number of benzene rings is 1. The molecule has 208 valence electrons. The molecule has 1 aliphatic rings. The van der Waals surface area contributed by atoms with Gasteiger partial charge in [0.25, 0.3) is 11.3 Å². The van der Waals surface area contributed by atoms with Gasteiger partial charge in [0.15, 0.2) is 0 Å². The number of ether oxygens (including phenoxy) is 2. The van der Waals surface area contributed by atoms with Gasteiger partial charge in [0.2, 0.25) is 5.91 Å². The van der Waals surface area contributed by atoms with Gasteiger partial charge >= 0.3 is 5.97 Å². The van der Waals surface area contributed by atoms with E-state index in [9.17, 15) is 18.4 Å². The highest BCUT2D eigenvalue weighted by Crippen LogP contribution is 2.32. The first-order valence-electron chi connectivity index (χ1n) is 12.4. The van der Waals surface area contributed by atoms with Gasteiger partial charge in [-0.15, -0.1) is 0 Å². The zero-order chi connectivity index (χ0) is 28.3. The first-order chi connectivity index (χ1) is 18.7. The van der Waals surface area contributed by atoms with Crippen molar-refractivity contribution < 1.29 is 27.8 Å². The Kier molecular flexibility index (Phi) is 8.51. The summed E-state index contributed by atoms with van der Waals surface area (Å²) >= 11 is -2.51. The lowest BCUT2D eigenvalue weighted by Gasteiger charge is -2.29. The van der Waals surface area contributed by atoms with Crippen molar-refractivity contribution in [2.24, 2.45) is 0 Å². The number of hydrogen-bond donors (Lipinski definition) is 2. The number of fused-ring (bicyclic) bond motifs is 1. The monoisotopic (exact) mass is 556 g/mol. The zero-order valence-electron chi connectivity index (χ0n) is 22.2. The van der Waals surface area contributed by atoms with Crippen LogP contribution in [0.5, 0.6) is 5.75 Å². The van der Waals surface area contributed by atoms with Crippen LogP contribution >= 0.6 is 0 Å². The number of likely N-dealkylation sites (tertiary alicyclic amines) is 1. The smallest absolute Gasteiger partial charge is 0.329 e. The zero-order valence-corrected chi connectivity index (χ0v) is 23.1. The van der Waals surface area contributed by atoms with E-state index in [1.807, 2.05) is 20.2 Å². The molecule has 39 heavy (non-hydrogen) atoms. The Morgan fingerprint density at radius 3 is 2.67 bits per heavy atom. The summed E-state index contributed by atoms with van der Waals surface area (Å²) in [6, 6.07) is 6.79. The Balaban J connectivity index is 1.66. The van der Waals surface area contributed by atoms with Gasteiger partial charge in [-0.25, -0.2) is 19.0 Å². The largest absolute Gasteiger partial charge is 0.496 e. The fraction of sp³-hybridized carbons (Fsp3) is 0.385. The summed E-state index contributed by atoms with van der Waals surface area (Å²) in [7, 11) is 5.17. The van der Waals surface area contributed by atoms with Crippen LogP contribution in [0.4, 0.5) is 17.3 Å². The minimum atomic E-state index is -2.51. The van der Waals surface area contributed by atoms with Gasteiger partial charge in [0.05, 0.1) is 25.6 Å². The highest BCUT2D eigenvalue weighted by Gasteiger charge is 2.44. The van der Waals surface area contributed by atoms with E-state index in [1.165, 1.54) is 18.2 Å². The van der Waals surface area contributed by atoms with Gasteiger partial charge in [0.1, 0.15) is 29.5 Å². The molecule has 0 aliphatic carbocycles. The summed E-state index contributed by atoms with van der Waals surface area (Å²) in [5.41, 5.74) is 7.02. The molecular formula is C26H32N6O6S. The molecule has 3 heterocycles. The van der Waals surface area contributed by atoms with Gasteiger partial charge in [-0.2, -0.15) is 0 Å². The van der Waals surface area contributed by atoms with Crippen LogP contribution in [0.15, 0.2) is 42.7 Å². The third kappa shape index (κ3) is 5.73. The second kappa shape index (κ2) is 11.8. The van der Waals surface area contributed by atoms with E-state index in [0.29, 0.717) is 34.0 Å². The standard InChI is InChI=1S/C26H32N6O6S/c1-5-38-26(34)21(13-17-12-16-8-10-28-24(27)19(16)14-22(17)37-4)31-11-9-20(25(31)33)32(39(35)36)18-6-7-23(29-15-18)30(2)3/h6-8,10,12,14-15,20-21H,5,9,11,13H2,1-4H3,(H2,27,28)(H,35,36)/t20-,21+/m0/s1. The lowest BCUT2D eigenvalue weighted by Crippen LogP contribution is -2.49. The van der Waals surface area contributed by atoms with Crippen LogP contribution in [0.2, 0.25) is 0 Å². The van der Waals surface area contributed by atoms with Crippen molar-refractivity contribution in [1.82, 2.24) is 14.9 Å². The Bertz CT molecular complexity index is 1390. The number of rotatable bonds is 10. The number of amides is 1. The van der Waals surface area contributed by atoms with Crippen molar-refractivity contribution in [3.8, 4) is 5.75 Å². The SMILES string of the molecule is CCOC(=O)[C@@H](Cc1cc2ccnc(N)c2cc1OC)N1CC[C@H](N(c2ccc(N(C)C)nc2)S(=O)O)C1=O. The van der Waals surface area contributed by atoms with Crippen LogP contribution in [0.3, 0.4) is 0 Å². The molecule has 1 aliphatic heterocycles. The van der Waals surface area contributed by atoms with E-state index in [4.69, 9.17) is 15.2 Å². The van der Waals surface area contributed by atoms with E-state index < -0.39 is 35.2 Å². The van der Waals surface area contributed by atoms with Crippen LogP contribution < -0.4 is 19.7 Å². The summed E-state index contributed by atoms with van der Waals surface area (Å²) in [6.07, 6.45) is 3.38. The molecule has 4 rings (SSSR count). The van der Waals surface area contributed by atoms with Crippen LogP contribution in [-0.2, 0) is 32.0 Å². The lowest BCUT2D eigenvalue weighted by molar-refractivity contribution is -0.153. The van der Waals surface area contributed by atoms with Gasteiger partial charge in [0, 0.05) is 38.6 Å². The first kappa shape index (κ1) is 28.0. The molecule has 3 atom stereocenters. The van der Waals surface area contributed by atoms with Crippen LogP contribution in [-0.4, -0.2) is 81.9 Å². The van der Waals surface area contributed by atoms with Crippen molar-refractivity contribution >= 4 is 51.2 Å². The summed E-state index contributed by atoms with van der Waals surface area (Å²) < 4.78 is 34.6. The van der Waals surface area contributed by atoms with Crippen LogP contribution in [0.1, 0.15) is 18.9 Å². The van der Waals surface area contributed by atoms with Gasteiger partial charge < -0.3 is 25.0 Å². The highest BCUT2D eigenvalue weighted by molar-refractivity contribution is 7.80. The maximum atomic E-state index is 13.7. The third-order valence-corrected chi connectivity index (χ3v) is 7.45. The predicted molar refractivity (Wildman–Crippen MR) is 149 cm³/mol. The molecule has 2 aromatic heterocycles. The molecule has 0 saturated carbocycles. The van der Waals surface area contributed by atoms with E-state index in [0.717, 1.165) is 9.69 Å². The van der Waals surface area contributed by atoms with Crippen molar-refractivity contribution in [3.05, 3.63) is 48.3 Å². The molecule has 0 bridgehead atoms. The molecule has 0 radical (unpaired) electrons. The van der Waals surface area contributed by atoms with E-state index in [1.54, 1.807) is 42.3 Å². The summed E-state index contributed by atoms with van der Waals surface area (Å²) in [5, 5.41) is 1.51. The van der Waals surface area contributed by atoms with Crippen LogP contribution in [0, 0.1) is 0 Å². The Morgan fingerprint density at radius 2 is 2.05 bits per heavy atom. The molecule has 3 aromatic rings. The normalized spacial score (nSPS) is 16.7. The van der Waals surface area contributed by atoms with E-state index in [2.05, 4.69) is 9.97 Å². The quantitative estimate of drug-likeness (QED) is 0.280. The van der Waals surface area contributed by atoms with Crippen molar-refractivity contribution in [3.63, 3.8) is 0 Å². The maximum absolute atomic E-state index is 13.7. The molecule has 1 fully saturated rings. The number of aromatic nitrogens is 2. The Morgan fingerprint density at radius 1 is 1.28 bits per heavy atom. The molecule has 12 nitrogen and oxygen atoms in total. The molecule has 1 aromatic carbocycles. The number of carbonyl (C=O) groups excluding carboxylic acids is 2. The van der Waals surface area contributed by atoms with E-state index >= 15 is 0 Å². The minimum absolute atomic E-state index is 0.111. The number of anilines is 3. The van der Waals surface area contributed by atoms with Gasteiger partial charge in [-0.3, -0.25) is 13.7 Å². The highest BCUT2D eigenvalue weighted by atomic mass is 32.2. The summed E-state index contributed by atoms with van der Waals surface area (Å²) in [4.78, 5) is 38.5. The number of methoxy groups -OCH3 is 1. The van der Waals surface area contributed by atoms with Crippen LogP contribution in [0.25, 0.3) is 10.8 Å². The Labute approximate surface area is 229 Å². The number of esters is 1. The van der Waals surface area contributed by atoms with Gasteiger partial charge in [-0.05, 0) is 54.6 Å². The predicted octanol–water partition coefficient (Wildman–Crippen LogP) is 2.00. The second-order valence-corrected chi connectivity index (χ2v) is 10.1. The summed E-state index contributed by atoms with van der Waals surface area (Å²) in [6.45, 7) is 2.02. The third-order valence-electron chi connectivity index (χ3n) is 6.65. The fourth-order valence-electron chi connectivity index (χ4n) is 4.75. The molecular weight excluding hydrogens is 524 g/mol. The van der Waals surface area contributed by atoms with E-state index in [-0.39, 0.29) is 26.0 Å². The van der Waals surface area contributed by atoms with Gasteiger partial charge in [-0.1, -0.05) is 0 Å². The summed E-state index contributed by atoms with van der Waals surface area (Å²) in [5.74, 6) is 0.467. The van der Waals surface area contributed by atoms with Crippen molar-refractivity contribution in [1.29, 1.82) is 0 Å². The first-order valence-corrected chi connectivity index (χ1v) is 13.4. The number of hydrogen-bond acceptors (Lipinski definition) is 9. The van der Waals surface area contributed by atoms with Crippen molar-refractivity contribution in [2.45, 2.75) is 31.8 Å². The average molecular weight is 557 g/mol. The molecule has 1 amide bonds. The number of nitrogen functional groups attached to an aromatic ring is 1. The molecule has 1 saturated heterocycles. The topological polar surface area (TPSA) is 151 Å². The second-order valence-electron chi connectivity index (χ2n) is 9.21. The fourth-order valence-corrected chi connectivity index (χ4v) is 5.46. The number of nitrogens with two attached hydrogens (primary N) is 1. The number of pyridine rings is 2.